The summed E-state index contributed by atoms with van der Waals surface area (Å²) in [6.45, 7) is 0.334. The van der Waals surface area contributed by atoms with Crippen molar-refractivity contribution in [1.29, 1.82) is 0 Å². The van der Waals surface area contributed by atoms with E-state index in [0.29, 0.717) is 13.0 Å². The molecule has 0 heterocycles. The lowest BCUT2D eigenvalue weighted by Crippen LogP contribution is -2.50. The molecule has 0 aliphatic carbocycles. The Hall–Kier alpha value is -3.60. The van der Waals surface area contributed by atoms with Crippen molar-refractivity contribution in [2.45, 2.75) is 25.4 Å². The molecule has 0 fully saturated rings. The van der Waals surface area contributed by atoms with E-state index >= 15 is 0 Å². The van der Waals surface area contributed by atoms with Crippen molar-refractivity contribution in [2.24, 2.45) is 0 Å². The molecule has 5 nitrogen and oxygen atoms in total. The van der Waals surface area contributed by atoms with Gasteiger partial charge in [0.1, 0.15) is 11.8 Å². The molecule has 0 aromatic heterocycles. The third-order valence-corrected chi connectivity index (χ3v) is 5.23. The highest BCUT2D eigenvalue weighted by atomic mass is 16.5. The van der Waals surface area contributed by atoms with E-state index < -0.39 is 6.04 Å². The summed E-state index contributed by atoms with van der Waals surface area (Å²) in [7, 11) is 3.22. The van der Waals surface area contributed by atoms with Gasteiger partial charge in [0.15, 0.2) is 0 Å². The lowest BCUT2D eigenvalue weighted by Gasteiger charge is -2.31. The molecule has 1 atom stereocenters. The number of carbonyl (C=O) groups is 2. The average Bonchev–Trinajstić information content (AvgIpc) is 2.82. The van der Waals surface area contributed by atoms with Gasteiger partial charge >= 0.3 is 0 Å². The Morgan fingerprint density at radius 2 is 1.42 bits per heavy atom. The first-order chi connectivity index (χ1) is 15.1. The fraction of sp³-hybridized carbons (Fsp3) is 0.231. The highest BCUT2D eigenvalue weighted by Crippen LogP contribution is 2.18. The van der Waals surface area contributed by atoms with Crippen molar-refractivity contribution in [2.75, 3.05) is 14.2 Å². The van der Waals surface area contributed by atoms with Crippen LogP contribution in [0.3, 0.4) is 0 Å². The Morgan fingerprint density at radius 1 is 0.839 bits per heavy atom. The number of hydrogen-bond acceptors (Lipinski definition) is 3. The Morgan fingerprint density at radius 3 is 1.97 bits per heavy atom. The molecule has 0 aliphatic rings. The standard InChI is InChI=1S/C26H28N2O3/c1-27-26(30)24(17-20-9-5-3-6-10-20)28(19-22-13-15-23(31-2)16-14-22)25(29)18-21-11-7-4-8-12-21/h3-16,24H,17-19H2,1-2H3,(H,27,30)/t24-/m0/s1. The van der Waals surface area contributed by atoms with E-state index in [0.717, 1.165) is 22.4 Å². The summed E-state index contributed by atoms with van der Waals surface area (Å²) in [6, 6.07) is 26.3. The average molecular weight is 417 g/mol. The van der Waals surface area contributed by atoms with Crippen LogP contribution in [0.4, 0.5) is 0 Å². The first-order valence-electron chi connectivity index (χ1n) is 10.3. The highest BCUT2D eigenvalue weighted by molar-refractivity contribution is 5.88. The van der Waals surface area contributed by atoms with Gasteiger partial charge in [-0.2, -0.15) is 0 Å². The second-order valence-corrected chi connectivity index (χ2v) is 7.35. The molecule has 0 bridgehead atoms. The smallest absolute Gasteiger partial charge is 0.242 e. The number of likely N-dealkylation sites (N-methyl/N-ethyl adjacent to an activating group) is 1. The predicted octanol–water partition coefficient (Wildman–Crippen LogP) is 3.62. The summed E-state index contributed by atoms with van der Waals surface area (Å²) in [5.41, 5.74) is 2.86. The van der Waals surface area contributed by atoms with E-state index in [2.05, 4.69) is 5.32 Å². The number of nitrogens with zero attached hydrogens (tertiary/aromatic N) is 1. The topological polar surface area (TPSA) is 58.6 Å². The maximum absolute atomic E-state index is 13.4. The molecule has 1 N–H and O–H groups in total. The van der Waals surface area contributed by atoms with Gasteiger partial charge in [-0.25, -0.2) is 0 Å². The van der Waals surface area contributed by atoms with Gasteiger partial charge in [-0.1, -0.05) is 72.8 Å². The normalized spacial score (nSPS) is 11.4. The maximum atomic E-state index is 13.4. The van der Waals surface area contributed by atoms with E-state index in [1.54, 1.807) is 19.1 Å². The molecule has 3 rings (SSSR count). The summed E-state index contributed by atoms with van der Waals surface area (Å²) in [5.74, 6) is 0.475. The fourth-order valence-electron chi connectivity index (χ4n) is 3.52. The fourth-order valence-corrected chi connectivity index (χ4v) is 3.52. The van der Waals surface area contributed by atoms with Gasteiger partial charge in [-0.05, 0) is 28.8 Å². The van der Waals surface area contributed by atoms with Gasteiger partial charge in [-0.3, -0.25) is 9.59 Å². The van der Waals surface area contributed by atoms with Crippen molar-refractivity contribution in [3.05, 3.63) is 102 Å². The minimum atomic E-state index is -0.620. The van der Waals surface area contributed by atoms with Crippen LogP contribution in [0.15, 0.2) is 84.9 Å². The van der Waals surface area contributed by atoms with E-state index in [9.17, 15) is 9.59 Å². The van der Waals surface area contributed by atoms with Crippen molar-refractivity contribution >= 4 is 11.8 Å². The van der Waals surface area contributed by atoms with Crippen LogP contribution in [0.2, 0.25) is 0 Å². The Balaban J connectivity index is 1.91. The van der Waals surface area contributed by atoms with Gasteiger partial charge in [0.05, 0.1) is 13.5 Å². The van der Waals surface area contributed by atoms with E-state index in [1.165, 1.54) is 0 Å². The van der Waals surface area contributed by atoms with Crippen molar-refractivity contribution < 1.29 is 14.3 Å². The largest absolute Gasteiger partial charge is 0.497 e. The number of rotatable bonds is 9. The molecule has 0 saturated heterocycles. The van der Waals surface area contributed by atoms with Crippen LogP contribution in [-0.4, -0.2) is 36.9 Å². The van der Waals surface area contributed by atoms with Crippen LogP contribution in [0.5, 0.6) is 5.75 Å². The lowest BCUT2D eigenvalue weighted by atomic mass is 10.0. The molecule has 0 spiro atoms. The lowest BCUT2D eigenvalue weighted by molar-refractivity contribution is -0.140. The number of ether oxygens (including phenoxy) is 1. The summed E-state index contributed by atoms with van der Waals surface area (Å²) in [4.78, 5) is 28.0. The van der Waals surface area contributed by atoms with Crippen LogP contribution in [0.1, 0.15) is 16.7 Å². The zero-order valence-electron chi connectivity index (χ0n) is 18.0. The highest BCUT2D eigenvalue weighted by Gasteiger charge is 2.29. The Kier molecular flexibility index (Phi) is 7.82. The molecule has 0 unspecified atom stereocenters. The van der Waals surface area contributed by atoms with Crippen LogP contribution in [0.25, 0.3) is 0 Å². The number of nitrogens with one attached hydrogen (secondary N) is 1. The molecule has 0 aliphatic heterocycles. The summed E-state index contributed by atoms with van der Waals surface area (Å²) in [6.07, 6.45) is 0.677. The minimum Gasteiger partial charge on any atom is -0.497 e. The zero-order valence-corrected chi connectivity index (χ0v) is 18.0. The van der Waals surface area contributed by atoms with Crippen molar-refractivity contribution in [1.82, 2.24) is 10.2 Å². The van der Waals surface area contributed by atoms with Crippen LogP contribution >= 0.6 is 0 Å². The first-order valence-corrected chi connectivity index (χ1v) is 10.3. The molecule has 3 aromatic carbocycles. The van der Waals surface area contributed by atoms with Gasteiger partial charge in [-0.15, -0.1) is 0 Å². The third kappa shape index (κ3) is 6.19. The minimum absolute atomic E-state index is 0.0912. The Labute approximate surface area is 183 Å². The van der Waals surface area contributed by atoms with E-state index in [-0.39, 0.29) is 18.2 Å². The molecular formula is C26H28N2O3. The molecule has 160 valence electrons. The van der Waals surface area contributed by atoms with E-state index in [4.69, 9.17) is 4.74 Å². The number of benzene rings is 3. The molecule has 2 amide bonds. The number of hydrogen-bond donors (Lipinski definition) is 1. The van der Waals surface area contributed by atoms with E-state index in [1.807, 2.05) is 84.9 Å². The number of carbonyl (C=O) groups excluding carboxylic acids is 2. The second kappa shape index (κ2) is 11.0. The van der Waals surface area contributed by atoms with Gasteiger partial charge in [0.2, 0.25) is 11.8 Å². The maximum Gasteiger partial charge on any atom is 0.242 e. The monoisotopic (exact) mass is 416 g/mol. The quantitative estimate of drug-likeness (QED) is 0.580. The molecule has 31 heavy (non-hydrogen) atoms. The number of amides is 2. The Bertz CT molecular complexity index is 973. The first kappa shape index (κ1) is 22.1. The zero-order chi connectivity index (χ0) is 22.1. The summed E-state index contributed by atoms with van der Waals surface area (Å²) in [5, 5.41) is 2.74. The van der Waals surface area contributed by atoms with Gasteiger partial charge < -0.3 is 15.0 Å². The predicted molar refractivity (Wildman–Crippen MR) is 122 cm³/mol. The van der Waals surface area contributed by atoms with Crippen molar-refractivity contribution in [3.63, 3.8) is 0 Å². The number of methoxy groups -OCH3 is 1. The molecular weight excluding hydrogens is 388 g/mol. The molecule has 0 saturated carbocycles. The second-order valence-electron chi connectivity index (χ2n) is 7.35. The summed E-state index contributed by atoms with van der Waals surface area (Å²) >= 11 is 0. The third-order valence-electron chi connectivity index (χ3n) is 5.23. The van der Waals surface area contributed by atoms with Gasteiger partial charge in [0.25, 0.3) is 0 Å². The van der Waals surface area contributed by atoms with Crippen LogP contribution in [-0.2, 0) is 29.0 Å². The van der Waals surface area contributed by atoms with Gasteiger partial charge in [0, 0.05) is 20.0 Å². The SMILES string of the molecule is CNC(=O)[C@H](Cc1ccccc1)N(Cc1ccc(OC)cc1)C(=O)Cc1ccccc1. The van der Waals surface area contributed by atoms with Crippen LogP contribution < -0.4 is 10.1 Å². The molecule has 3 aromatic rings. The molecule has 5 heteroatoms. The van der Waals surface area contributed by atoms with Crippen molar-refractivity contribution in [3.8, 4) is 5.75 Å². The summed E-state index contributed by atoms with van der Waals surface area (Å²) < 4.78 is 5.24. The van der Waals surface area contributed by atoms with Crippen LogP contribution in [0, 0.1) is 0 Å². The molecule has 0 radical (unpaired) electrons.